The zero-order chi connectivity index (χ0) is 26.1. The number of anilines is 1. The Hall–Kier alpha value is -4.24. The Balaban J connectivity index is 1.21. The molecule has 0 radical (unpaired) electrons. The van der Waals surface area contributed by atoms with Gasteiger partial charge in [0.1, 0.15) is 29.3 Å². The van der Waals surface area contributed by atoms with E-state index in [1.807, 2.05) is 70.3 Å². The van der Waals surface area contributed by atoms with E-state index >= 15 is 0 Å². The number of rotatable bonds is 8. The summed E-state index contributed by atoms with van der Waals surface area (Å²) in [5.41, 5.74) is 8.60. The number of nitrogens with two attached hydrogens (primary N) is 1. The van der Waals surface area contributed by atoms with Crippen molar-refractivity contribution in [3.8, 4) is 22.8 Å². The molecule has 194 valence electrons. The molecule has 0 spiro atoms. The van der Waals surface area contributed by atoms with Crippen LogP contribution in [0.25, 0.3) is 22.3 Å². The van der Waals surface area contributed by atoms with Crippen molar-refractivity contribution in [2.24, 2.45) is 0 Å². The zero-order valence-electron chi connectivity index (χ0n) is 21.4. The summed E-state index contributed by atoms with van der Waals surface area (Å²) in [4.78, 5) is 25.8. The molecule has 9 nitrogen and oxygen atoms in total. The molecule has 1 saturated carbocycles. The van der Waals surface area contributed by atoms with E-state index in [1.54, 1.807) is 6.08 Å². The first kappa shape index (κ1) is 24.1. The van der Waals surface area contributed by atoms with Gasteiger partial charge in [-0.15, -0.1) is 0 Å². The van der Waals surface area contributed by atoms with Gasteiger partial charge in [-0.1, -0.05) is 24.3 Å². The number of carbonyl (C=O) groups excluding carboxylic acids is 1. The Morgan fingerprint density at radius 2 is 1.84 bits per heavy atom. The first-order valence-electron chi connectivity index (χ1n) is 13.0. The Morgan fingerprint density at radius 3 is 2.61 bits per heavy atom. The smallest absolute Gasteiger partial charge is 0.246 e. The molecule has 38 heavy (non-hydrogen) atoms. The van der Waals surface area contributed by atoms with Crippen molar-refractivity contribution >= 4 is 22.8 Å². The molecular formula is C29H31N7O2. The van der Waals surface area contributed by atoms with E-state index in [2.05, 4.69) is 21.9 Å². The van der Waals surface area contributed by atoms with Gasteiger partial charge in [-0.25, -0.2) is 14.6 Å². The molecule has 6 rings (SSSR count). The first-order valence-corrected chi connectivity index (χ1v) is 13.0. The molecule has 9 heteroatoms. The van der Waals surface area contributed by atoms with Crippen molar-refractivity contribution < 1.29 is 9.53 Å². The highest BCUT2D eigenvalue weighted by Crippen LogP contribution is 2.35. The van der Waals surface area contributed by atoms with E-state index in [0.29, 0.717) is 30.6 Å². The van der Waals surface area contributed by atoms with Gasteiger partial charge in [0, 0.05) is 37.3 Å². The normalized spacial score (nSPS) is 17.6. The fourth-order valence-corrected chi connectivity index (χ4v) is 4.99. The van der Waals surface area contributed by atoms with Gasteiger partial charge in [0.15, 0.2) is 5.65 Å². The monoisotopic (exact) mass is 509 g/mol. The summed E-state index contributed by atoms with van der Waals surface area (Å²) in [5, 5.41) is 5.67. The first-order chi connectivity index (χ1) is 18.6. The highest BCUT2D eigenvalue weighted by molar-refractivity contribution is 5.98. The summed E-state index contributed by atoms with van der Waals surface area (Å²) in [5.74, 6) is 1.93. The quantitative estimate of drug-likeness (QED) is 0.354. The number of ether oxygens (including phenoxy) is 1. The van der Waals surface area contributed by atoms with Crippen LogP contribution in [0.15, 0.2) is 73.1 Å². The molecule has 1 saturated heterocycles. The number of benzene rings is 2. The summed E-state index contributed by atoms with van der Waals surface area (Å²) in [6, 6.07) is 18.1. The largest absolute Gasteiger partial charge is 0.457 e. The standard InChI is InChI=1S/C29H31N7O2/c1-34(21-11-12-21)16-5-8-25(37)35-17-15-22(18-35)36-29-26(28(30)31-19-32-29)27(33-36)20-9-13-24(14-10-20)38-23-6-3-2-4-7-23/h2-10,13-14,19,21-22H,11-12,15-18H2,1H3,(H2,30,31,32)/b8-5+. The third-order valence-corrected chi connectivity index (χ3v) is 7.27. The summed E-state index contributed by atoms with van der Waals surface area (Å²) in [6.45, 7) is 2.05. The van der Waals surface area contributed by atoms with Gasteiger partial charge in [0.05, 0.1) is 11.4 Å². The highest BCUT2D eigenvalue weighted by atomic mass is 16.5. The number of hydrogen-bond acceptors (Lipinski definition) is 7. The van der Waals surface area contributed by atoms with E-state index in [1.165, 1.54) is 19.2 Å². The molecule has 1 atom stereocenters. The molecule has 2 N–H and O–H groups in total. The minimum Gasteiger partial charge on any atom is -0.457 e. The number of aromatic nitrogens is 4. The molecule has 2 aliphatic rings. The maximum Gasteiger partial charge on any atom is 0.246 e. The van der Waals surface area contributed by atoms with Crippen LogP contribution in [0, 0.1) is 0 Å². The van der Waals surface area contributed by atoms with E-state index in [-0.39, 0.29) is 11.9 Å². The molecule has 1 unspecified atom stereocenters. The number of para-hydroxylation sites is 1. The molecule has 1 aliphatic heterocycles. The van der Waals surface area contributed by atoms with Crippen LogP contribution in [-0.4, -0.2) is 68.2 Å². The van der Waals surface area contributed by atoms with Crippen molar-refractivity contribution in [3.63, 3.8) is 0 Å². The van der Waals surface area contributed by atoms with Crippen molar-refractivity contribution in [2.45, 2.75) is 31.3 Å². The number of amides is 1. The van der Waals surface area contributed by atoms with Crippen LogP contribution in [-0.2, 0) is 4.79 Å². The second-order valence-corrected chi connectivity index (χ2v) is 9.99. The zero-order valence-corrected chi connectivity index (χ0v) is 21.4. The summed E-state index contributed by atoms with van der Waals surface area (Å²) in [6.07, 6.45) is 8.44. The number of nitrogens with zero attached hydrogens (tertiary/aromatic N) is 6. The van der Waals surface area contributed by atoms with Crippen molar-refractivity contribution in [1.29, 1.82) is 0 Å². The van der Waals surface area contributed by atoms with Gasteiger partial charge in [-0.05, 0) is 62.7 Å². The van der Waals surface area contributed by atoms with Crippen LogP contribution in [0.5, 0.6) is 11.5 Å². The minimum atomic E-state index is 0.00715. The van der Waals surface area contributed by atoms with E-state index < -0.39 is 0 Å². The number of hydrogen-bond donors (Lipinski definition) is 1. The molecule has 3 heterocycles. The second kappa shape index (κ2) is 10.3. The lowest BCUT2D eigenvalue weighted by Crippen LogP contribution is -2.28. The van der Waals surface area contributed by atoms with Gasteiger partial charge in [0.2, 0.25) is 5.91 Å². The Bertz CT molecular complexity index is 1460. The Labute approximate surface area is 221 Å². The van der Waals surface area contributed by atoms with Gasteiger partial charge in [0.25, 0.3) is 0 Å². The fraction of sp³-hybridized carbons (Fsp3) is 0.310. The number of nitrogen functional groups attached to an aromatic ring is 1. The fourth-order valence-electron chi connectivity index (χ4n) is 4.99. The van der Waals surface area contributed by atoms with E-state index in [0.717, 1.165) is 41.1 Å². The molecule has 2 aromatic heterocycles. The molecule has 2 aromatic carbocycles. The maximum atomic E-state index is 12.8. The van der Waals surface area contributed by atoms with Crippen LogP contribution in [0.3, 0.4) is 0 Å². The number of likely N-dealkylation sites (tertiary alicyclic amines) is 1. The predicted octanol–water partition coefficient (Wildman–Crippen LogP) is 4.29. The molecule has 0 bridgehead atoms. The number of fused-ring (bicyclic) bond motifs is 1. The van der Waals surface area contributed by atoms with Crippen LogP contribution in [0.1, 0.15) is 25.3 Å². The second-order valence-electron chi connectivity index (χ2n) is 9.99. The summed E-state index contributed by atoms with van der Waals surface area (Å²) in [7, 11) is 2.11. The molecular weight excluding hydrogens is 478 g/mol. The van der Waals surface area contributed by atoms with E-state index in [9.17, 15) is 4.79 Å². The average Bonchev–Trinajstić information content (AvgIpc) is 3.54. The SMILES string of the molecule is CN(C/C=C/C(=O)N1CCC(n2nc(-c3ccc(Oc4ccccc4)cc3)c3c(N)ncnc32)C1)C1CC1. The van der Waals surface area contributed by atoms with Crippen LogP contribution in [0.4, 0.5) is 5.82 Å². The van der Waals surface area contributed by atoms with Gasteiger partial charge in [-0.2, -0.15) is 5.10 Å². The third kappa shape index (κ3) is 4.97. The summed E-state index contributed by atoms with van der Waals surface area (Å²) >= 11 is 0. The topological polar surface area (TPSA) is 102 Å². The van der Waals surface area contributed by atoms with Gasteiger partial charge in [-0.3, -0.25) is 9.69 Å². The maximum absolute atomic E-state index is 12.8. The van der Waals surface area contributed by atoms with Crippen LogP contribution >= 0.6 is 0 Å². The van der Waals surface area contributed by atoms with Crippen molar-refractivity contribution in [2.75, 3.05) is 32.4 Å². The molecule has 2 fully saturated rings. The van der Waals surface area contributed by atoms with Crippen molar-refractivity contribution in [1.82, 2.24) is 29.5 Å². The Kier molecular flexibility index (Phi) is 6.51. The van der Waals surface area contributed by atoms with Crippen LogP contribution < -0.4 is 10.5 Å². The molecule has 1 aliphatic carbocycles. The van der Waals surface area contributed by atoms with Crippen LogP contribution in [0.2, 0.25) is 0 Å². The lowest BCUT2D eigenvalue weighted by atomic mass is 10.1. The lowest BCUT2D eigenvalue weighted by Gasteiger charge is -2.16. The molecule has 1 amide bonds. The highest BCUT2D eigenvalue weighted by Gasteiger charge is 2.30. The minimum absolute atomic E-state index is 0.00715. The Morgan fingerprint density at radius 1 is 1.08 bits per heavy atom. The lowest BCUT2D eigenvalue weighted by molar-refractivity contribution is -0.125. The molecule has 4 aromatic rings. The number of carbonyl (C=O) groups is 1. The van der Waals surface area contributed by atoms with Gasteiger partial charge >= 0.3 is 0 Å². The number of likely N-dealkylation sites (N-methyl/N-ethyl adjacent to an activating group) is 1. The van der Waals surface area contributed by atoms with Gasteiger partial charge < -0.3 is 15.4 Å². The summed E-state index contributed by atoms with van der Waals surface area (Å²) < 4.78 is 7.85. The van der Waals surface area contributed by atoms with E-state index in [4.69, 9.17) is 15.6 Å². The predicted molar refractivity (Wildman–Crippen MR) is 147 cm³/mol. The van der Waals surface area contributed by atoms with Crippen molar-refractivity contribution in [3.05, 3.63) is 73.1 Å². The third-order valence-electron chi connectivity index (χ3n) is 7.27. The average molecular weight is 510 g/mol.